The van der Waals surface area contributed by atoms with E-state index in [4.69, 9.17) is 10.00 Å². The van der Waals surface area contributed by atoms with Gasteiger partial charge in [0.2, 0.25) is 0 Å². The third-order valence-electron chi connectivity index (χ3n) is 4.21. The minimum absolute atomic E-state index is 0.526. The third kappa shape index (κ3) is 3.19. The SMILES string of the molecule is Cc1cc(C2(C#N)CCOCC2)cc(Nc2cc(C#N)ccn2)n1. The van der Waals surface area contributed by atoms with E-state index >= 15 is 0 Å². The average Bonchev–Trinajstić information content (AvgIpc) is 2.62. The average molecular weight is 319 g/mol. The smallest absolute Gasteiger partial charge is 0.132 e. The number of rotatable bonds is 3. The molecule has 0 amide bonds. The molecule has 1 aliphatic rings. The largest absolute Gasteiger partial charge is 0.381 e. The number of ether oxygens (including phenoxy) is 1. The minimum atomic E-state index is -0.537. The monoisotopic (exact) mass is 319 g/mol. The molecule has 0 saturated carbocycles. The van der Waals surface area contributed by atoms with Crippen molar-refractivity contribution < 1.29 is 4.74 Å². The Bertz CT molecular complexity index is 828. The van der Waals surface area contributed by atoms with Gasteiger partial charge in [-0.15, -0.1) is 0 Å². The first kappa shape index (κ1) is 15.9. The van der Waals surface area contributed by atoms with Gasteiger partial charge in [0.15, 0.2) is 0 Å². The predicted octanol–water partition coefficient (Wildman–Crippen LogP) is 2.97. The molecule has 1 N–H and O–H groups in total. The molecule has 0 aromatic carbocycles. The number of aromatic nitrogens is 2. The molecular formula is C18H17N5O. The Labute approximate surface area is 140 Å². The van der Waals surface area contributed by atoms with Gasteiger partial charge in [-0.25, -0.2) is 9.97 Å². The molecule has 3 rings (SSSR count). The van der Waals surface area contributed by atoms with Crippen LogP contribution in [0.3, 0.4) is 0 Å². The fourth-order valence-electron chi connectivity index (χ4n) is 2.89. The number of hydrogen-bond donors (Lipinski definition) is 1. The highest BCUT2D eigenvalue weighted by Gasteiger charge is 2.35. The molecule has 1 fully saturated rings. The molecule has 3 heterocycles. The Kier molecular flexibility index (Phi) is 4.41. The van der Waals surface area contributed by atoms with E-state index in [9.17, 15) is 5.26 Å². The molecule has 6 heteroatoms. The van der Waals surface area contributed by atoms with Crippen LogP contribution in [0.15, 0.2) is 30.5 Å². The van der Waals surface area contributed by atoms with E-state index in [-0.39, 0.29) is 0 Å². The Morgan fingerprint density at radius 1 is 1.17 bits per heavy atom. The molecule has 2 aromatic rings. The molecule has 0 bridgehead atoms. The summed E-state index contributed by atoms with van der Waals surface area (Å²) in [6.07, 6.45) is 2.93. The van der Waals surface area contributed by atoms with E-state index in [1.54, 1.807) is 18.3 Å². The van der Waals surface area contributed by atoms with Crippen LogP contribution in [0.4, 0.5) is 11.6 Å². The van der Waals surface area contributed by atoms with E-state index in [2.05, 4.69) is 27.4 Å². The number of nitrogens with zero attached hydrogens (tertiary/aromatic N) is 4. The van der Waals surface area contributed by atoms with E-state index < -0.39 is 5.41 Å². The Morgan fingerprint density at radius 3 is 2.67 bits per heavy atom. The first-order valence-corrected chi connectivity index (χ1v) is 7.76. The molecule has 1 saturated heterocycles. The highest BCUT2D eigenvalue weighted by atomic mass is 16.5. The van der Waals surface area contributed by atoms with E-state index in [1.165, 1.54) is 0 Å². The molecule has 120 valence electrons. The number of pyridine rings is 2. The maximum absolute atomic E-state index is 9.74. The normalized spacial score (nSPS) is 16.0. The molecule has 0 atom stereocenters. The highest BCUT2D eigenvalue weighted by molar-refractivity contribution is 5.56. The molecular weight excluding hydrogens is 302 g/mol. The summed E-state index contributed by atoms with van der Waals surface area (Å²) in [6.45, 7) is 3.07. The molecule has 6 nitrogen and oxygen atoms in total. The summed E-state index contributed by atoms with van der Waals surface area (Å²) in [5.74, 6) is 1.17. The Morgan fingerprint density at radius 2 is 1.96 bits per heavy atom. The topological polar surface area (TPSA) is 94.6 Å². The molecule has 0 unspecified atom stereocenters. The van der Waals surface area contributed by atoms with E-state index in [0.717, 1.165) is 11.3 Å². The quantitative estimate of drug-likeness (QED) is 0.934. The van der Waals surface area contributed by atoms with Crippen LogP contribution in [0.2, 0.25) is 0 Å². The lowest BCUT2D eigenvalue weighted by Crippen LogP contribution is -2.32. The first-order chi connectivity index (χ1) is 11.6. The zero-order valence-corrected chi connectivity index (χ0v) is 13.4. The zero-order chi connectivity index (χ0) is 17.0. The second kappa shape index (κ2) is 6.66. The summed E-state index contributed by atoms with van der Waals surface area (Å²) in [7, 11) is 0. The van der Waals surface area contributed by atoms with Crippen molar-refractivity contribution in [2.45, 2.75) is 25.2 Å². The van der Waals surface area contributed by atoms with Crippen LogP contribution in [0.1, 0.15) is 29.7 Å². The van der Waals surface area contributed by atoms with Crippen LogP contribution >= 0.6 is 0 Å². The summed E-state index contributed by atoms with van der Waals surface area (Å²) >= 11 is 0. The van der Waals surface area contributed by atoms with Gasteiger partial charge < -0.3 is 10.1 Å². The summed E-state index contributed by atoms with van der Waals surface area (Å²) in [5.41, 5.74) is 1.76. The number of anilines is 2. The van der Waals surface area contributed by atoms with Gasteiger partial charge in [0, 0.05) is 25.1 Å². The second-order valence-electron chi connectivity index (χ2n) is 5.86. The fraction of sp³-hybridized carbons (Fsp3) is 0.333. The van der Waals surface area contributed by atoms with Gasteiger partial charge in [-0.05, 0) is 49.6 Å². The summed E-state index contributed by atoms with van der Waals surface area (Å²) in [4.78, 5) is 8.67. The summed E-state index contributed by atoms with van der Waals surface area (Å²) in [6, 6.07) is 11.7. The number of aryl methyl sites for hydroxylation is 1. The van der Waals surface area contributed by atoms with Crippen LogP contribution in [-0.4, -0.2) is 23.2 Å². The predicted molar refractivity (Wildman–Crippen MR) is 88.6 cm³/mol. The van der Waals surface area contributed by atoms with Crippen molar-refractivity contribution in [2.24, 2.45) is 0 Å². The van der Waals surface area contributed by atoms with Gasteiger partial charge in [-0.2, -0.15) is 10.5 Å². The lowest BCUT2D eigenvalue weighted by atomic mass is 9.75. The van der Waals surface area contributed by atoms with E-state index in [1.807, 2.05) is 19.1 Å². The van der Waals surface area contributed by atoms with Gasteiger partial charge in [-0.3, -0.25) is 0 Å². The summed E-state index contributed by atoms with van der Waals surface area (Å²) < 4.78 is 5.41. The fourth-order valence-corrected chi connectivity index (χ4v) is 2.89. The third-order valence-corrected chi connectivity index (χ3v) is 4.21. The van der Waals surface area contributed by atoms with E-state index in [0.29, 0.717) is 43.3 Å². The van der Waals surface area contributed by atoms with Gasteiger partial charge in [0.25, 0.3) is 0 Å². The van der Waals surface area contributed by atoms with Crippen LogP contribution < -0.4 is 5.32 Å². The number of nitriles is 2. The number of nitrogens with one attached hydrogen (secondary N) is 1. The Balaban J connectivity index is 1.94. The summed E-state index contributed by atoms with van der Waals surface area (Å²) in [5, 5.41) is 21.8. The van der Waals surface area contributed by atoms with Gasteiger partial charge in [0.05, 0.1) is 23.1 Å². The lowest BCUT2D eigenvalue weighted by molar-refractivity contribution is 0.0675. The first-order valence-electron chi connectivity index (χ1n) is 7.76. The maximum Gasteiger partial charge on any atom is 0.132 e. The van der Waals surface area contributed by atoms with Crippen molar-refractivity contribution in [3.63, 3.8) is 0 Å². The molecule has 1 aliphatic heterocycles. The zero-order valence-electron chi connectivity index (χ0n) is 13.4. The van der Waals surface area contributed by atoms with Crippen molar-refractivity contribution >= 4 is 11.6 Å². The van der Waals surface area contributed by atoms with Gasteiger partial charge in [0.1, 0.15) is 11.6 Å². The van der Waals surface area contributed by atoms with Crippen molar-refractivity contribution in [1.82, 2.24) is 9.97 Å². The maximum atomic E-state index is 9.74. The van der Waals surface area contributed by atoms with Crippen molar-refractivity contribution in [2.75, 3.05) is 18.5 Å². The van der Waals surface area contributed by atoms with Crippen molar-refractivity contribution in [3.8, 4) is 12.1 Å². The second-order valence-corrected chi connectivity index (χ2v) is 5.86. The molecule has 0 aliphatic carbocycles. The molecule has 2 aromatic heterocycles. The number of hydrogen-bond acceptors (Lipinski definition) is 6. The van der Waals surface area contributed by atoms with Gasteiger partial charge in [-0.1, -0.05) is 0 Å². The molecule has 24 heavy (non-hydrogen) atoms. The van der Waals surface area contributed by atoms with Crippen LogP contribution in [-0.2, 0) is 10.2 Å². The Hall–Kier alpha value is -2.96. The highest BCUT2D eigenvalue weighted by Crippen LogP contribution is 2.35. The molecule has 0 spiro atoms. The van der Waals surface area contributed by atoms with Gasteiger partial charge >= 0.3 is 0 Å². The van der Waals surface area contributed by atoms with Crippen molar-refractivity contribution in [3.05, 3.63) is 47.3 Å². The molecule has 0 radical (unpaired) electrons. The van der Waals surface area contributed by atoms with Crippen LogP contribution in [0, 0.1) is 29.6 Å². The lowest BCUT2D eigenvalue weighted by Gasteiger charge is -2.31. The standard InChI is InChI=1S/C18H17N5O/c1-13-8-15(18(12-20)3-6-24-7-4-18)10-17(22-13)23-16-9-14(11-19)2-5-21-16/h2,5,8-10H,3-4,6-7H2,1H3,(H,21,22,23). The van der Waals surface area contributed by atoms with Crippen molar-refractivity contribution in [1.29, 1.82) is 10.5 Å². The van der Waals surface area contributed by atoms with Crippen LogP contribution in [0.25, 0.3) is 0 Å². The van der Waals surface area contributed by atoms with Crippen LogP contribution in [0.5, 0.6) is 0 Å². The minimum Gasteiger partial charge on any atom is -0.381 e.